The molecule has 0 saturated heterocycles. The fourth-order valence-electron chi connectivity index (χ4n) is 1.68. The van der Waals surface area contributed by atoms with E-state index in [2.05, 4.69) is 23.6 Å². The van der Waals surface area contributed by atoms with E-state index < -0.39 is 0 Å². The SMILES string of the molecule is NNCCCOc1cccc2ccccc12. The Kier molecular flexibility index (Phi) is 3.75. The Morgan fingerprint density at radius 1 is 1.06 bits per heavy atom. The number of hydrazine groups is 1. The lowest BCUT2D eigenvalue weighted by molar-refractivity contribution is 0.312. The van der Waals surface area contributed by atoms with E-state index >= 15 is 0 Å². The lowest BCUT2D eigenvalue weighted by atomic mass is 10.1. The van der Waals surface area contributed by atoms with Gasteiger partial charge in [-0.15, -0.1) is 0 Å². The zero-order valence-electron chi connectivity index (χ0n) is 9.15. The lowest BCUT2D eigenvalue weighted by Gasteiger charge is -2.08. The summed E-state index contributed by atoms with van der Waals surface area (Å²) in [5, 5.41) is 2.36. The van der Waals surface area contributed by atoms with Crippen molar-refractivity contribution in [1.82, 2.24) is 5.43 Å². The summed E-state index contributed by atoms with van der Waals surface area (Å²) in [5.41, 5.74) is 2.61. The van der Waals surface area contributed by atoms with Gasteiger partial charge in [0.05, 0.1) is 6.61 Å². The van der Waals surface area contributed by atoms with Crippen molar-refractivity contribution in [2.75, 3.05) is 13.2 Å². The molecule has 0 aromatic heterocycles. The standard InChI is InChI=1S/C13H16N2O/c14-15-9-4-10-16-13-8-3-6-11-5-1-2-7-12(11)13/h1-3,5-8,15H,4,9-10,14H2. The predicted molar refractivity (Wildman–Crippen MR) is 66.3 cm³/mol. The minimum Gasteiger partial charge on any atom is -0.493 e. The van der Waals surface area contributed by atoms with Gasteiger partial charge in [0, 0.05) is 11.9 Å². The van der Waals surface area contributed by atoms with Gasteiger partial charge in [-0.25, -0.2) is 0 Å². The van der Waals surface area contributed by atoms with Gasteiger partial charge in [-0.2, -0.15) is 0 Å². The second kappa shape index (κ2) is 5.49. The highest BCUT2D eigenvalue weighted by Gasteiger charge is 2.00. The van der Waals surface area contributed by atoms with E-state index in [0.717, 1.165) is 24.1 Å². The molecule has 0 unspecified atom stereocenters. The van der Waals surface area contributed by atoms with Gasteiger partial charge in [-0.05, 0) is 17.9 Å². The van der Waals surface area contributed by atoms with Gasteiger partial charge in [-0.3, -0.25) is 11.3 Å². The highest BCUT2D eigenvalue weighted by Crippen LogP contribution is 2.24. The van der Waals surface area contributed by atoms with Gasteiger partial charge < -0.3 is 4.74 Å². The van der Waals surface area contributed by atoms with Gasteiger partial charge in [0.2, 0.25) is 0 Å². The van der Waals surface area contributed by atoms with Crippen LogP contribution in [0.1, 0.15) is 6.42 Å². The Hall–Kier alpha value is -1.58. The van der Waals surface area contributed by atoms with Crippen LogP contribution in [0, 0.1) is 0 Å². The van der Waals surface area contributed by atoms with Crippen LogP contribution in [0.15, 0.2) is 42.5 Å². The average Bonchev–Trinajstić information content (AvgIpc) is 2.35. The van der Waals surface area contributed by atoms with Crippen LogP contribution >= 0.6 is 0 Å². The zero-order chi connectivity index (χ0) is 11.2. The molecule has 2 aromatic carbocycles. The summed E-state index contributed by atoms with van der Waals surface area (Å²) in [7, 11) is 0. The third-order valence-corrected chi connectivity index (χ3v) is 2.47. The molecule has 84 valence electrons. The molecule has 3 heteroatoms. The predicted octanol–water partition coefficient (Wildman–Crippen LogP) is 2.07. The Bertz CT molecular complexity index is 451. The molecule has 0 aliphatic carbocycles. The lowest BCUT2D eigenvalue weighted by Crippen LogP contribution is -2.24. The summed E-state index contributed by atoms with van der Waals surface area (Å²) < 4.78 is 5.73. The van der Waals surface area contributed by atoms with E-state index in [1.807, 2.05) is 24.3 Å². The molecule has 0 fully saturated rings. The third kappa shape index (κ3) is 2.51. The van der Waals surface area contributed by atoms with Crippen molar-refractivity contribution in [3.8, 4) is 5.75 Å². The van der Waals surface area contributed by atoms with E-state index in [1.165, 1.54) is 5.39 Å². The van der Waals surface area contributed by atoms with Crippen LogP contribution in [-0.4, -0.2) is 13.2 Å². The molecule has 2 rings (SSSR count). The molecular weight excluding hydrogens is 200 g/mol. The molecule has 0 atom stereocenters. The van der Waals surface area contributed by atoms with Crippen molar-refractivity contribution in [3.05, 3.63) is 42.5 Å². The first-order valence-corrected chi connectivity index (χ1v) is 5.46. The molecule has 0 saturated carbocycles. The number of hydrogen-bond donors (Lipinski definition) is 2. The number of benzene rings is 2. The van der Waals surface area contributed by atoms with Crippen molar-refractivity contribution >= 4 is 10.8 Å². The molecule has 16 heavy (non-hydrogen) atoms. The topological polar surface area (TPSA) is 47.3 Å². The number of nitrogens with one attached hydrogen (secondary N) is 1. The van der Waals surface area contributed by atoms with Crippen LogP contribution in [0.3, 0.4) is 0 Å². The fourth-order valence-corrected chi connectivity index (χ4v) is 1.68. The molecule has 0 aliphatic rings. The number of hydrogen-bond acceptors (Lipinski definition) is 3. The van der Waals surface area contributed by atoms with Crippen LogP contribution < -0.4 is 16.0 Å². The second-order valence-electron chi connectivity index (χ2n) is 3.63. The van der Waals surface area contributed by atoms with Crippen LogP contribution in [0.4, 0.5) is 0 Å². The van der Waals surface area contributed by atoms with Crippen LogP contribution in [0.25, 0.3) is 10.8 Å². The highest BCUT2D eigenvalue weighted by atomic mass is 16.5. The first kappa shape index (κ1) is 10.9. The Morgan fingerprint density at radius 2 is 1.88 bits per heavy atom. The maximum absolute atomic E-state index is 5.73. The molecule has 2 aromatic rings. The zero-order valence-corrected chi connectivity index (χ0v) is 9.15. The van der Waals surface area contributed by atoms with Crippen molar-refractivity contribution in [1.29, 1.82) is 0 Å². The Morgan fingerprint density at radius 3 is 2.75 bits per heavy atom. The van der Waals surface area contributed by atoms with Gasteiger partial charge in [0.25, 0.3) is 0 Å². The summed E-state index contributed by atoms with van der Waals surface area (Å²) in [6.07, 6.45) is 0.903. The fraction of sp³-hybridized carbons (Fsp3) is 0.231. The molecular formula is C13H16N2O. The van der Waals surface area contributed by atoms with Crippen LogP contribution in [0.2, 0.25) is 0 Å². The molecule has 0 heterocycles. The summed E-state index contributed by atoms with van der Waals surface area (Å²) in [5.74, 6) is 6.13. The van der Waals surface area contributed by atoms with E-state index in [0.29, 0.717) is 6.61 Å². The molecule has 0 bridgehead atoms. The Balaban J connectivity index is 2.11. The summed E-state index contributed by atoms with van der Waals surface area (Å²) in [6.45, 7) is 1.45. The first-order valence-electron chi connectivity index (χ1n) is 5.46. The van der Waals surface area contributed by atoms with E-state index in [1.54, 1.807) is 0 Å². The quantitative estimate of drug-likeness (QED) is 0.457. The summed E-state index contributed by atoms with van der Waals surface area (Å²) in [4.78, 5) is 0. The maximum atomic E-state index is 5.73. The molecule has 0 spiro atoms. The minimum absolute atomic E-state index is 0.679. The monoisotopic (exact) mass is 216 g/mol. The van der Waals surface area contributed by atoms with Gasteiger partial charge in [-0.1, -0.05) is 36.4 Å². The summed E-state index contributed by atoms with van der Waals surface area (Å²) in [6, 6.07) is 14.3. The van der Waals surface area contributed by atoms with Crippen LogP contribution in [-0.2, 0) is 0 Å². The Labute approximate surface area is 95.2 Å². The molecule has 3 nitrogen and oxygen atoms in total. The van der Waals surface area contributed by atoms with E-state index in [4.69, 9.17) is 10.6 Å². The molecule has 3 N–H and O–H groups in total. The van der Waals surface area contributed by atoms with E-state index in [9.17, 15) is 0 Å². The van der Waals surface area contributed by atoms with Gasteiger partial charge in [0.15, 0.2) is 0 Å². The van der Waals surface area contributed by atoms with Gasteiger partial charge >= 0.3 is 0 Å². The van der Waals surface area contributed by atoms with E-state index in [-0.39, 0.29) is 0 Å². The normalized spacial score (nSPS) is 10.6. The average molecular weight is 216 g/mol. The van der Waals surface area contributed by atoms with Crippen molar-refractivity contribution < 1.29 is 4.74 Å². The highest BCUT2D eigenvalue weighted by molar-refractivity contribution is 5.88. The molecule has 0 aliphatic heterocycles. The smallest absolute Gasteiger partial charge is 0.127 e. The largest absolute Gasteiger partial charge is 0.493 e. The van der Waals surface area contributed by atoms with Crippen molar-refractivity contribution in [3.63, 3.8) is 0 Å². The van der Waals surface area contributed by atoms with Crippen molar-refractivity contribution in [2.24, 2.45) is 5.84 Å². The number of rotatable bonds is 5. The summed E-state index contributed by atoms with van der Waals surface area (Å²) >= 11 is 0. The van der Waals surface area contributed by atoms with Crippen LogP contribution in [0.5, 0.6) is 5.75 Å². The minimum atomic E-state index is 0.679. The number of nitrogens with two attached hydrogens (primary N) is 1. The van der Waals surface area contributed by atoms with Gasteiger partial charge in [0.1, 0.15) is 5.75 Å². The maximum Gasteiger partial charge on any atom is 0.127 e. The molecule has 0 amide bonds. The third-order valence-electron chi connectivity index (χ3n) is 2.47. The first-order chi connectivity index (χ1) is 7.92. The van der Waals surface area contributed by atoms with Crippen molar-refractivity contribution in [2.45, 2.75) is 6.42 Å². The number of fused-ring (bicyclic) bond motifs is 1. The number of ether oxygens (including phenoxy) is 1. The second-order valence-corrected chi connectivity index (χ2v) is 3.63. The molecule has 0 radical (unpaired) electrons.